The number of amides is 1. The number of carbonyl (C=O) groups excluding carboxylic acids is 1. The number of aromatic nitrogens is 4. The van der Waals surface area contributed by atoms with Crippen molar-refractivity contribution < 1.29 is 9.72 Å². The Morgan fingerprint density at radius 2 is 1.78 bits per heavy atom. The van der Waals surface area contributed by atoms with Crippen LogP contribution in [0.3, 0.4) is 0 Å². The highest BCUT2D eigenvalue weighted by molar-refractivity contribution is 5.94. The lowest BCUT2D eigenvalue weighted by Gasteiger charge is -2.16. The summed E-state index contributed by atoms with van der Waals surface area (Å²) in [5.41, 5.74) is 3.29. The zero-order valence-corrected chi connectivity index (χ0v) is 17.9. The van der Waals surface area contributed by atoms with Crippen molar-refractivity contribution in [2.45, 2.75) is 32.7 Å². The van der Waals surface area contributed by atoms with E-state index in [1.807, 2.05) is 19.1 Å². The Kier molecular flexibility index (Phi) is 5.63. The van der Waals surface area contributed by atoms with Crippen LogP contribution in [0.5, 0.6) is 0 Å². The lowest BCUT2D eigenvalue weighted by Crippen LogP contribution is -2.28. The third-order valence-electron chi connectivity index (χ3n) is 5.29. The number of benzene rings is 2. The first-order chi connectivity index (χ1) is 15.3. The van der Waals surface area contributed by atoms with Gasteiger partial charge in [-0.15, -0.1) is 0 Å². The van der Waals surface area contributed by atoms with Gasteiger partial charge in [0.1, 0.15) is 12.0 Å². The van der Waals surface area contributed by atoms with Crippen LogP contribution in [-0.2, 0) is 0 Å². The lowest BCUT2D eigenvalue weighted by molar-refractivity contribution is -0.384. The van der Waals surface area contributed by atoms with Crippen LogP contribution in [0.2, 0.25) is 0 Å². The van der Waals surface area contributed by atoms with E-state index in [9.17, 15) is 14.9 Å². The average molecular weight is 430 g/mol. The Hall–Kier alpha value is -4.14. The van der Waals surface area contributed by atoms with E-state index in [2.05, 4.69) is 46.4 Å². The second-order valence-electron chi connectivity index (χ2n) is 7.82. The zero-order valence-electron chi connectivity index (χ0n) is 17.9. The summed E-state index contributed by atoms with van der Waals surface area (Å²) in [5.74, 6) is 0.307. The van der Waals surface area contributed by atoms with E-state index in [1.54, 1.807) is 18.2 Å². The first kappa shape index (κ1) is 21.1. The van der Waals surface area contributed by atoms with Gasteiger partial charge in [0.05, 0.1) is 16.7 Å². The summed E-state index contributed by atoms with van der Waals surface area (Å²) >= 11 is 0. The number of hydrogen-bond donors (Lipinski definition) is 1. The van der Waals surface area contributed by atoms with Crippen molar-refractivity contribution in [1.29, 1.82) is 0 Å². The standard InChI is InChI=1S/C23H22N6O3/c1-14(2)16-7-9-17(10-8-16)15(3)26-22(30)21-12-20(27-23-24-13-25-28(21)23)18-5-4-6-19(11-18)29(31)32/h4-15H,1-3H3,(H,26,30)/t15-/m1/s1. The molecule has 1 amide bonds. The molecule has 4 aromatic rings. The minimum atomic E-state index is -0.473. The van der Waals surface area contributed by atoms with Crippen molar-refractivity contribution in [3.8, 4) is 11.3 Å². The average Bonchev–Trinajstić information content (AvgIpc) is 3.27. The van der Waals surface area contributed by atoms with E-state index in [1.165, 1.54) is 28.5 Å². The van der Waals surface area contributed by atoms with Gasteiger partial charge in [0, 0.05) is 17.7 Å². The molecule has 0 saturated heterocycles. The Balaban J connectivity index is 1.66. The van der Waals surface area contributed by atoms with E-state index >= 15 is 0 Å². The SMILES string of the molecule is CC(C)c1ccc([C@@H](C)NC(=O)c2cc(-c3cccc([N+](=O)[O-])c3)nc3ncnn23)cc1. The monoisotopic (exact) mass is 430 g/mol. The van der Waals surface area contributed by atoms with Gasteiger partial charge < -0.3 is 5.32 Å². The lowest BCUT2D eigenvalue weighted by atomic mass is 9.99. The Morgan fingerprint density at radius 3 is 2.47 bits per heavy atom. The molecule has 2 heterocycles. The van der Waals surface area contributed by atoms with Crippen molar-refractivity contribution >= 4 is 17.4 Å². The molecule has 0 aliphatic heterocycles. The molecule has 0 saturated carbocycles. The number of rotatable bonds is 6. The van der Waals surface area contributed by atoms with Gasteiger partial charge in [-0.1, -0.05) is 50.2 Å². The maximum absolute atomic E-state index is 13.1. The quantitative estimate of drug-likeness (QED) is 0.360. The molecule has 1 N–H and O–H groups in total. The number of non-ortho nitro benzene ring substituents is 1. The molecule has 0 aliphatic rings. The fraction of sp³-hybridized carbons (Fsp3) is 0.217. The fourth-order valence-corrected chi connectivity index (χ4v) is 3.42. The van der Waals surface area contributed by atoms with Crippen molar-refractivity contribution in [3.63, 3.8) is 0 Å². The summed E-state index contributed by atoms with van der Waals surface area (Å²) in [5, 5.41) is 18.2. The maximum Gasteiger partial charge on any atom is 0.270 e. The number of hydrogen-bond acceptors (Lipinski definition) is 6. The van der Waals surface area contributed by atoms with E-state index in [-0.39, 0.29) is 29.1 Å². The molecule has 0 radical (unpaired) electrons. The molecule has 0 bridgehead atoms. The van der Waals surface area contributed by atoms with Gasteiger partial charge in [-0.25, -0.2) is 4.98 Å². The Bertz CT molecular complexity index is 1300. The summed E-state index contributed by atoms with van der Waals surface area (Å²) in [4.78, 5) is 32.3. The number of nitro groups is 1. The molecule has 0 aliphatic carbocycles. The second-order valence-corrected chi connectivity index (χ2v) is 7.82. The van der Waals surface area contributed by atoms with Crippen LogP contribution < -0.4 is 5.32 Å². The number of nitro benzene ring substituents is 1. The van der Waals surface area contributed by atoms with Crippen LogP contribution in [0, 0.1) is 10.1 Å². The molecule has 9 nitrogen and oxygen atoms in total. The Labute approximate surface area is 184 Å². The molecule has 9 heteroatoms. The van der Waals surface area contributed by atoms with Crippen molar-refractivity contribution in [3.05, 3.63) is 87.9 Å². The third-order valence-corrected chi connectivity index (χ3v) is 5.29. The van der Waals surface area contributed by atoms with Gasteiger partial charge in [-0.05, 0) is 30.0 Å². The molecule has 162 valence electrons. The van der Waals surface area contributed by atoms with E-state index in [4.69, 9.17) is 0 Å². The van der Waals surface area contributed by atoms with Crippen molar-refractivity contribution in [2.75, 3.05) is 0 Å². The smallest absolute Gasteiger partial charge is 0.270 e. The topological polar surface area (TPSA) is 115 Å². The molecular formula is C23H22N6O3. The van der Waals surface area contributed by atoms with Gasteiger partial charge in [0.15, 0.2) is 0 Å². The first-order valence-electron chi connectivity index (χ1n) is 10.2. The van der Waals surface area contributed by atoms with Gasteiger partial charge in [0.25, 0.3) is 17.4 Å². The molecule has 0 fully saturated rings. The molecular weight excluding hydrogens is 408 g/mol. The predicted molar refractivity (Wildman–Crippen MR) is 119 cm³/mol. The molecule has 0 unspecified atom stereocenters. The Morgan fingerprint density at radius 1 is 1.06 bits per heavy atom. The van der Waals surface area contributed by atoms with Gasteiger partial charge >= 0.3 is 0 Å². The summed E-state index contributed by atoms with van der Waals surface area (Å²) in [6.45, 7) is 6.17. The fourth-order valence-electron chi connectivity index (χ4n) is 3.42. The van der Waals surface area contributed by atoms with Crippen molar-refractivity contribution in [1.82, 2.24) is 24.9 Å². The van der Waals surface area contributed by atoms with E-state index in [0.29, 0.717) is 17.2 Å². The van der Waals surface area contributed by atoms with Crippen LogP contribution in [0.25, 0.3) is 17.0 Å². The highest BCUT2D eigenvalue weighted by Gasteiger charge is 2.19. The predicted octanol–water partition coefficient (Wildman–Crippen LogP) is 4.31. The summed E-state index contributed by atoms with van der Waals surface area (Å²) < 4.78 is 1.35. The van der Waals surface area contributed by atoms with Crippen LogP contribution in [0.15, 0.2) is 60.9 Å². The van der Waals surface area contributed by atoms with E-state index in [0.717, 1.165) is 5.56 Å². The van der Waals surface area contributed by atoms with Crippen LogP contribution in [-0.4, -0.2) is 30.4 Å². The highest BCUT2D eigenvalue weighted by Crippen LogP contribution is 2.24. The summed E-state index contributed by atoms with van der Waals surface area (Å²) in [6.07, 6.45) is 1.31. The van der Waals surface area contributed by atoms with Crippen LogP contribution >= 0.6 is 0 Å². The molecule has 2 aromatic heterocycles. The van der Waals surface area contributed by atoms with Gasteiger partial charge in [0.2, 0.25) is 0 Å². The third kappa shape index (κ3) is 4.18. The normalized spacial score (nSPS) is 12.1. The van der Waals surface area contributed by atoms with Gasteiger partial charge in [-0.2, -0.15) is 14.6 Å². The molecule has 2 aromatic carbocycles. The van der Waals surface area contributed by atoms with Crippen molar-refractivity contribution in [2.24, 2.45) is 0 Å². The molecule has 4 rings (SSSR count). The van der Waals surface area contributed by atoms with Gasteiger partial charge in [-0.3, -0.25) is 14.9 Å². The number of nitrogens with zero attached hydrogens (tertiary/aromatic N) is 5. The minimum absolute atomic E-state index is 0.0601. The molecule has 0 spiro atoms. The summed E-state index contributed by atoms with van der Waals surface area (Å²) in [7, 11) is 0. The number of carbonyl (C=O) groups is 1. The largest absolute Gasteiger partial charge is 0.344 e. The van der Waals surface area contributed by atoms with E-state index < -0.39 is 4.92 Å². The highest BCUT2D eigenvalue weighted by atomic mass is 16.6. The first-order valence-corrected chi connectivity index (χ1v) is 10.2. The molecule has 1 atom stereocenters. The summed E-state index contributed by atoms with van der Waals surface area (Å²) in [6, 6.07) is 15.5. The maximum atomic E-state index is 13.1. The van der Waals surface area contributed by atoms with Crippen LogP contribution in [0.1, 0.15) is 54.3 Å². The number of fused-ring (bicyclic) bond motifs is 1. The number of nitrogens with one attached hydrogen (secondary N) is 1. The minimum Gasteiger partial charge on any atom is -0.344 e. The van der Waals surface area contributed by atoms with Crippen LogP contribution in [0.4, 0.5) is 5.69 Å². The molecule has 32 heavy (non-hydrogen) atoms. The zero-order chi connectivity index (χ0) is 22.8. The second kappa shape index (κ2) is 8.54.